The fourth-order valence-corrected chi connectivity index (χ4v) is 1.71. The molecule has 98 valence electrons. The van der Waals surface area contributed by atoms with Crippen LogP contribution in [0.15, 0.2) is 42.9 Å². The molecule has 2 aromatic heterocycles. The van der Waals surface area contributed by atoms with Gasteiger partial charge in [0.05, 0.1) is 11.6 Å². The van der Waals surface area contributed by atoms with E-state index in [1.165, 1.54) is 0 Å². The van der Waals surface area contributed by atoms with Crippen molar-refractivity contribution in [3.8, 4) is 0 Å². The summed E-state index contributed by atoms with van der Waals surface area (Å²) in [6.07, 6.45) is 4.95. The van der Waals surface area contributed by atoms with Gasteiger partial charge in [-0.15, -0.1) is 0 Å². The smallest absolute Gasteiger partial charge is 0.255 e. The number of aromatic nitrogens is 2. The molecule has 6 heteroatoms. The number of nitrogens with zero attached hydrogens (tertiary/aromatic N) is 2. The van der Waals surface area contributed by atoms with Crippen LogP contribution in [0.4, 0.5) is 5.82 Å². The SMILES string of the molecule is CC(NC(=O)c1cccnc1NN)c1ccncc1. The van der Waals surface area contributed by atoms with E-state index in [9.17, 15) is 4.79 Å². The van der Waals surface area contributed by atoms with Crippen molar-refractivity contribution in [3.05, 3.63) is 54.0 Å². The van der Waals surface area contributed by atoms with Gasteiger partial charge in [0.2, 0.25) is 0 Å². The van der Waals surface area contributed by atoms with Gasteiger partial charge < -0.3 is 10.7 Å². The number of nitrogen functional groups attached to an aromatic ring is 1. The third-order valence-corrected chi connectivity index (χ3v) is 2.74. The molecule has 0 saturated heterocycles. The molecule has 0 saturated carbocycles. The van der Waals surface area contributed by atoms with Crippen LogP contribution in [0.1, 0.15) is 28.9 Å². The zero-order valence-electron chi connectivity index (χ0n) is 10.5. The van der Waals surface area contributed by atoms with Crippen LogP contribution in [0.2, 0.25) is 0 Å². The van der Waals surface area contributed by atoms with Gasteiger partial charge in [0.1, 0.15) is 0 Å². The van der Waals surface area contributed by atoms with E-state index in [1.54, 1.807) is 30.7 Å². The molecule has 0 bridgehead atoms. The highest BCUT2D eigenvalue weighted by Crippen LogP contribution is 2.14. The van der Waals surface area contributed by atoms with Gasteiger partial charge in [0, 0.05) is 18.6 Å². The molecule has 19 heavy (non-hydrogen) atoms. The highest BCUT2D eigenvalue weighted by Gasteiger charge is 2.14. The van der Waals surface area contributed by atoms with Crippen molar-refractivity contribution in [2.45, 2.75) is 13.0 Å². The molecule has 1 unspecified atom stereocenters. The number of carbonyl (C=O) groups excluding carboxylic acids is 1. The molecule has 6 nitrogen and oxygen atoms in total. The summed E-state index contributed by atoms with van der Waals surface area (Å²) in [5.74, 6) is 5.45. The maximum atomic E-state index is 12.1. The topological polar surface area (TPSA) is 92.9 Å². The van der Waals surface area contributed by atoms with Crippen molar-refractivity contribution >= 4 is 11.7 Å². The number of carbonyl (C=O) groups is 1. The molecule has 0 aliphatic heterocycles. The molecule has 0 aliphatic carbocycles. The number of amides is 1. The zero-order chi connectivity index (χ0) is 13.7. The highest BCUT2D eigenvalue weighted by molar-refractivity contribution is 5.98. The van der Waals surface area contributed by atoms with Crippen LogP contribution in [-0.4, -0.2) is 15.9 Å². The second kappa shape index (κ2) is 5.92. The normalized spacial score (nSPS) is 11.7. The van der Waals surface area contributed by atoms with Crippen LogP contribution in [0, 0.1) is 0 Å². The van der Waals surface area contributed by atoms with Crippen molar-refractivity contribution in [1.29, 1.82) is 0 Å². The molecular weight excluding hydrogens is 242 g/mol. The standard InChI is InChI=1S/C13H15N5O/c1-9(10-4-7-15-8-5-10)17-13(19)11-3-2-6-16-12(11)18-14/h2-9H,14H2,1H3,(H,16,18)(H,17,19). The molecule has 2 rings (SSSR count). The van der Waals surface area contributed by atoms with Crippen molar-refractivity contribution in [2.24, 2.45) is 5.84 Å². The fourth-order valence-electron chi connectivity index (χ4n) is 1.71. The molecule has 0 spiro atoms. The van der Waals surface area contributed by atoms with Gasteiger partial charge in [0.25, 0.3) is 5.91 Å². The molecular formula is C13H15N5O. The molecule has 4 N–H and O–H groups in total. The monoisotopic (exact) mass is 257 g/mol. The van der Waals surface area contributed by atoms with E-state index in [1.807, 2.05) is 19.1 Å². The first-order chi connectivity index (χ1) is 9.22. The van der Waals surface area contributed by atoms with Gasteiger partial charge >= 0.3 is 0 Å². The van der Waals surface area contributed by atoms with E-state index in [0.717, 1.165) is 5.56 Å². The summed E-state index contributed by atoms with van der Waals surface area (Å²) in [6, 6.07) is 6.94. The van der Waals surface area contributed by atoms with Crippen molar-refractivity contribution < 1.29 is 4.79 Å². The number of hydrogen-bond donors (Lipinski definition) is 3. The summed E-state index contributed by atoms with van der Waals surface area (Å²) in [5.41, 5.74) is 3.80. The Morgan fingerprint density at radius 2 is 2.00 bits per heavy atom. The fraction of sp³-hybridized carbons (Fsp3) is 0.154. The minimum atomic E-state index is -0.231. The molecule has 2 aromatic rings. The largest absolute Gasteiger partial charge is 0.345 e. The molecule has 1 amide bonds. The Labute approximate surface area is 111 Å². The molecule has 1 atom stereocenters. The molecule has 0 aliphatic rings. The number of pyridine rings is 2. The van der Waals surface area contributed by atoms with Gasteiger partial charge in [-0.3, -0.25) is 9.78 Å². The maximum Gasteiger partial charge on any atom is 0.255 e. The first-order valence-corrected chi connectivity index (χ1v) is 5.85. The summed E-state index contributed by atoms with van der Waals surface area (Å²) < 4.78 is 0. The van der Waals surface area contributed by atoms with Crippen LogP contribution in [0.25, 0.3) is 0 Å². The van der Waals surface area contributed by atoms with E-state index < -0.39 is 0 Å². The number of hydrogen-bond acceptors (Lipinski definition) is 5. The van der Waals surface area contributed by atoms with Crippen LogP contribution < -0.4 is 16.6 Å². The Bertz CT molecular complexity index is 558. The minimum absolute atomic E-state index is 0.124. The number of nitrogens with one attached hydrogen (secondary N) is 2. The van der Waals surface area contributed by atoms with Gasteiger partial charge in [0.15, 0.2) is 5.82 Å². The Kier molecular flexibility index (Phi) is 4.04. The molecule has 0 aromatic carbocycles. The molecule has 0 fully saturated rings. The second-order valence-electron chi connectivity index (χ2n) is 4.02. The van der Waals surface area contributed by atoms with Gasteiger partial charge in [-0.25, -0.2) is 10.8 Å². The average Bonchev–Trinajstić information content (AvgIpc) is 2.48. The van der Waals surface area contributed by atoms with Crippen LogP contribution in [0.5, 0.6) is 0 Å². The van der Waals surface area contributed by atoms with Crippen LogP contribution in [0.3, 0.4) is 0 Å². The van der Waals surface area contributed by atoms with Gasteiger partial charge in [-0.1, -0.05) is 0 Å². The van der Waals surface area contributed by atoms with Gasteiger partial charge in [-0.05, 0) is 36.8 Å². The zero-order valence-corrected chi connectivity index (χ0v) is 10.5. The van der Waals surface area contributed by atoms with E-state index >= 15 is 0 Å². The number of rotatable bonds is 4. The lowest BCUT2D eigenvalue weighted by atomic mass is 10.1. The van der Waals surface area contributed by atoms with Crippen molar-refractivity contribution in [3.63, 3.8) is 0 Å². The maximum absolute atomic E-state index is 12.1. The summed E-state index contributed by atoms with van der Waals surface area (Å²) in [6.45, 7) is 1.90. The molecule has 0 radical (unpaired) electrons. The number of nitrogens with two attached hydrogens (primary N) is 1. The lowest BCUT2D eigenvalue weighted by Gasteiger charge is -2.15. The first kappa shape index (κ1) is 13.0. The van der Waals surface area contributed by atoms with E-state index in [-0.39, 0.29) is 11.9 Å². The lowest BCUT2D eigenvalue weighted by Crippen LogP contribution is -2.28. The Balaban J connectivity index is 2.13. The minimum Gasteiger partial charge on any atom is -0.345 e. The van der Waals surface area contributed by atoms with E-state index in [0.29, 0.717) is 11.4 Å². The van der Waals surface area contributed by atoms with Crippen LogP contribution in [-0.2, 0) is 0 Å². The Morgan fingerprint density at radius 1 is 1.26 bits per heavy atom. The highest BCUT2D eigenvalue weighted by atomic mass is 16.1. The summed E-state index contributed by atoms with van der Waals surface area (Å²) in [5, 5.41) is 2.88. The van der Waals surface area contributed by atoms with Crippen molar-refractivity contribution in [2.75, 3.05) is 5.43 Å². The predicted molar refractivity (Wildman–Crippen MR) is 72.2 cm³/mol. The first-order valence-electron chi connectivity index (χ1n) is 5.85. The second-order valence-corrected chi connectivity index (χ2v) is 4.02. The Morgan fingerprint density at radius 3 is 2.68 bits per heavy atom. The summed E-state index contributed by atoms with van der Waals surface area (Å²) in [4.78, 5) is 20.1. The van der Waals surface area contributed by atoms with Crippen LogP contribution >= 0.6 is 0 Å². The van der Waals surface area contributed by atoms with E-state index in [4.69, 9.17) is 5.84 Å². The predicted octanol–water partition coefficient (Wildman–Crippen LogP) is 1.25. The Hall–Kier alpha value is -2.47. The third-order valence-electron chi connectivity index (χ3n) is 2.74. The average molecular weight is 257 g/mol. The third kappa shape index (κ3) is 3.05. The summed E-state index contributed by atoms with van der Waals surface area (Å²) in [7, 11) is 0. The lowest BCUT2D eigenvalue weighted by molar-refractivity contribution is 0.0940. The van der Waals surface area contributed by atoms with Gasteiger partial charge in [-0.2, -0.15) is 0 Å². The van der Waals surface area contributed by atoms with Crippen molar-refractivity contribution in [1.82, 2.24) is 15.3 Å². The quantitative estimate of drug-likeness (QED) is 0.566. The number of anilines is 1. The number of hydrazine groups is 1. The summed E-state index contributed by atoms with van der Waals surface area (Å²) >= 11 is 0. The van der Waals surface area contributed by atoms with E-state index in [2.05, 4.69) is 20.7 Å². The molecule has 2 heterocycles.